The molecule has 116 valence electrons. The number of rotatable bonds is 4. The highest BCUT2D eigenvalue weighted by Gasteiger charge is 2.20. The number of carbonyl (C=O) groups excluding carboxylic acids is 1. The number of pyridine rings is 1. The van der Waals surface area contributed by atoms with Crippen LogP contribution in [0.5, 0.6) is 11.5 Å². The van der Waals surface area contributed by atoms with Crippen LogP contribution in [0.3, 0.4) is 0 Å². The van der Waals surface area contributed by atoms with E-state index in [1.807, 2.05) is 32.0 Å². The molecule has 0 fully saturated rings. The first-order valence-corrected chi connectivity index (χ1v) is 6.80. The van der Waals surface area contributed by atoms with Crippen LogP contribution in [0.25, 0.3) is 11.1 Å². The van der Waals surface area contributed by atoms with E-state index in [0.29, 0.717) is 17.1 Å². The molecule has 0 spiro atoms. The molecule has 0 unspecified atom stereocenters. The van der Waals surface area contributed by atoms with Gasteiger partial charge in [0.1, 0.15) is 17.1 Å². The minimum atomic E-state index is -0.473. The Bertz CT molecular complexity index is 690. The fraction of sp³-hybridized carbons (Fsp3) is 0.294. The molecule has 0 N–H and O–H groups in total. The molecule has 0 aliphatic carbocycles. The van der Waals surface area contributed by atoms with E-state index in [1.54, 1.807) is 13.2 Å². The zero-order valence-corrected chi connectivity index (χ0v) is 13.4. The lowest BCUT2D eigenvalue weighted by atomic mass is 10.00. The molecule has 2 rings (SSSR count). The van der Waals surface area contributed by atoms with Crippen LogP contribution in [-0.4, -0.2) is 32.3 Å². The molecule has 22 heavy (non-hydrogen) atoms. The van der Waals surface area contributed by atoms with Gasteiger partial charge in [-0.1, -0.05) is 0 Å². The Labute approximate surface area is 129 Å². The molecule has 0 bridgehead atoms. The van der Waals surface area contributed by atoms with Crippen LogP contribution >= 0.6 is 0 Å². The zero-order valence-electron chi connectivity index (χ0n) is 13.4. The van der Waals surface area contributed by atoms with Gasteiger partial charge in [0.15, 0.2) is 0 Å². The van der Waals surface area contributed by atoms with Crippen molar-refractivity contribution in [1.82, 2.24) is 4.98 Å². The summed E-state index contributed by atoms with van der Waals surface area (Å²) in [6.45, 7) is 3.84. The third-order valence-electron chi connectivity index (χ3n) is 3.30. The number of nitrogens with zero attached hydrogens (tertiary/aromatic N) is 1. The van der Waals surface area contributed by atoms with Crippen molar-refractivity contribution < 1.29 is 19.0 Å². The number of methoxy groups -OCH3 is 3. The third-order valence-corrected chi connectivity index (χ3v) is 3.30. The summed E-state index contributed by atoms with van der Waals surface area (Å²) < 4.78 is 15.6. The molecule has 0 atom stereocenters. The van der Waals surface area contributed by atoms with Crippen LogP contribution in [0.15, 0.2) is 24.3 Å². The highest BCUT2D eigenvalue weighted by molar-refractivity contribution is 5.96. The molecule has 0 radical (unpaired) electrons. The second-order valence-electron chi connectivity index (χ2n) is 4.89. The van der Waals surface area contributed by atoms with Crippen molar-refractivity contribution in [3.8, 4) is 22.6 Å². The van der Waals surface area contributed by atoms with E-state index in [2.05, 4.69) is 4.98 Å². The standard InChI is InChI=1S/C17H19NO4/c1-10-6-12(7-11(2)18-10)14-8-13(20-3)9-15(16(14)21-4)17(19)22-5/h6-9H,1-5H3. The lowest BCUT2D eigenvalue weighted by Gasteiger charge is -2.15. The largest absolute Gasteiger partial charge is 0.497 e. The van der Waals surface area contributed by atoms with Gasteiger partial charge in [0.25, 0.3) is 0 Å². The Balaban J connectivity index is 2.75. The SMILES string of the molecule is COC(=O)c1cc(OC)cc(-c2cc(C)nc(C)c2)c1OC. The molecule has 1 heterocycles. The topological polar surface area (TPSA) is 57.7 Å². The predicted molar refractivity (Wildman–Crippen MR) is 83.6 cm³/mol. The zero-order chi connectivity index (χ0) is 16.3. The molecule has 1 aromatic heterocycles. The lowest BCUT2D eigenvalue weighted by Crippen LogP contribution is -2.06. The molecule has 0 aliphatic heterocycles. The predicted octanol–water partition coefficient (Wildman–Crippen LogP) is 3.17. The maximum Gasteiger partial charge on any atom is 0.341 e. The van der Waals surface area contributed by atoms with Crippen LogP contribution in [0, 0.1) is 13.8 Å². The summed E-state index contributed by atoms with van der Waals surface area (Å²) >= 11 is 0. The van der Waals surface area contributed by atoms with Crippen molar-refractivity contribution in [2.24, 2.45) is 0 Å². The summed E-state index contributed by atoms with van der Waals surface area (Å²) in [7, 11) is 4.41. The number of aromatic nitrogens is 1. The Morgan fingerprint density at radius 2 is 1.59 bits per heavy atom. The molecule has 0 amide bonds. The summed E-state index contributed by atoms with van der Waals surface area (Å²) in [4.78, 5) is 16.4. The van der Waals surface area contributed by atoms with Crippen LogP contribution < -0.4 is 9.47 Å². The number of hydrogen-bond acceptors (Lipinski definition) is 5. The van der Waals surface area contributed by atoms with Crippen molar-refractivity contribution in [3.63, 3.8) is 0 Å². The van der Waals surface area contributed by atoms with Crippen LogP contribution in [0.2, 0.25) is 0 Å². The average Bonchev–Trinajstić information content (AvgIpc) is 2.51. The van der Waals surface area contributed by atoms with Crippen LogP contribution in [0.4, 0.5) is 0 Å². The van der Waals surface area contributed by atoms with Crippen molar-refractivity contribution in [3.05, 3.63) is 41.2 Å². The number of benzene rings is 1. The van der Waals surface area contributed by atoms with Gasteiger partial charge in [-0.25, -0.2) is 4.79 Å². The van der Waals surface area contributed by atoms with Gasteiger partial charge in [0.2, 0.25) is 0 Å². The molecule has 5 heteroatoms. The van der Waals surface area contributed by atoms with Crippen molar-refractivity contribution >= 4 is 5.97 Å². The monoisotopic (exact) mass is 301 g/mol. The summed E-state index contributed by atoms with van der Waals surface area (Å²) in [5.41, 5.74) is 3.77. The molecule has 2 aromatic rings. The molecular formula is C17H19NO4. The van der Waals surface area contributed by atoms with Gasteiger partial charge in [-0.05, 0) is 43.7 Å². The lowest BCUT2D eigenvalue weighted by molar-refractivity contribution is 0.0596. The Kier molecular flexibility index (Phi) is 4.65. The fourth-order valence-corrected chi connectivity index (χ4v) is 2.41. The maximum absolute atomic E-state index is 12.0. The van der Waals surface area contributed by atoms with E-state index in [9.17, 15) is 4.79 Å². The van der Waals surface area contributed by atoms with Crippen molar-refractivity contribution in [2.45, 2.75) is 13.8 Å². The molecular weight excluding hydrogens is 282 g/mol. The first-order chi connectivity index (χ1) is 10.5. The van der Waals surface area contributed by atoms with E-state index in [0.717, 1.165) is 22.5 Å². The van der Waals surface area contributed by atoms with Gasteiger partial charge in [-0.15, -0.1) is 0 Å². The van der Waals surface area contributed by atoms with Gasteiger partial charge in [0.05, 0.1) is 21.3 Å². The van der Waals surface area contributed by atoms with Crippen LogP contribution in [0.1, 0.15) is 21.7 Å². The van der Waals surface area contributed by atoms with E-state index in [1.165, 1.54) is 14.2 Å². The van der Waals surface area contributed by atoms with Crippen molar-refractivity contribution in [1.29, 1.82) is 0 Å². The number of ether oxygens (including phenoxy) is 3. The first kappa shape index (κ1) is 15.8. The van der Waals surface area contributed by atoms with Gasteiger partial charge in [-0.3, -0.25) is 4.98 Å². The Morgan fingerprint density at radius 3 is 2.09 bits per heavy atom. The first-order valence-electron chi connectivity index (χ1n) is 6.80. The average molecular weight is 301 g/mol. The smallest absolute Gasteiger partial charge is 0.341 e. The molecule has 0 saturated heterocycles. The summed E-state index contributed by atoms with van der Waals surface area (Å²) in [5.74, 6) is 0.542. The van der Waals surface area contributed by atoms with Gasteiger partial charge in [-0.2, -0.15) is 0 Å². The number of esters is 1. The Morgan fingerprint density at radius 1 is 0.955 bits per heavy atom. The highest BCUT2D eigenvalue weighted by Crippen LogP contribution is 2.37. The number of hydrogen-bond donors (Lipinski definition) is 0. The quantitative estimate of drug-likeness (QED) is 0.812. The second-order valence-corrected chi connectivity index (χ2v) is 4.89. The molecule has 1 aromatic carbocycles. The second kappa shape index (κ2) is 6.47. The third kappa shape index (κ3) is 3.03. The van der Waals surface area contributed by atoms with Crippen molar-refractivity contribution in [2.75, 3.05) is 21.3 Å². The summed E-state index contributed by atoms with van der Waals surface area (Å²) in [5, 5.41) is 0. The van der Waals surface area contributed by atoms with Gasteiger partial charge < -0.3 is 14.2 Å². The minimum absolute atomic E-state index is 0.325. The molecule has 0 aliphatic rings. The van der Waals surface area contributed by atoms with E-state index in [-0.39, 0.29) is 0 Å². The van der Waals surface area contributed by atoms with Gasteiger partial charge >= 0.3 is 5.97 Å². The van der Waals surface area contributed by atoms with Crippen LogP contribution in [-0.2, 0) is 4.74 Å². The van der Waals surface area contributed by atoms with E-state index >= 15 is 0 Å². The normalized spacial score (nSPS) is 10.2. The minimum Gasteiger partial charge on any atom is -0.497 e. The number of carbonyl (C=O) groups is 1. The Hall–Kier alpha value is -2.56. The number of aryl methyl sites for hydroxylation is 2. The van der Waals surface area contributed by atoms with E-state index in [4.69, 9.17) is 14.2 Å². The maximum atomic E-state index is 12.0. The summed E-state index contributed by atoms with van der Waals surface area (Å²) in [6.07, 6.45) is 0. The van der Waals surface area contributed by atoms with Gasteiger partial charge in [0, 0.05) is 17.0 Å². The fourth-order valence-electron chi connectivity index (χ4n) is 2.41. The molecule has 5 nitrogen and oxygen atoms in total. The molecule has 0 saturated carbocycles. The summed E-state index contributed by atoms with van der Waals surface area (Å²) in [6, 6.07) is 7.31. The van der Waals surface area contributed by atoms with E-state index < -0.39 is 5.97 Å². The highest BCUT2D eigenvalue weighted by atomic mass is 16.5.